The Labute approximate surface area is 168 Å². The number of rotatable bonds is 8. The first-order chi connectivity index (χ1) is 14.1. The zero-order valence-electron chi connectivity index (χ0n) is 15.7. The second-order valence-electron chi connectivity index (χ2n) is 6.37. The number of nitrogens with one attached hydrogen (secondary N) is 2. The Bertz CT molecular complexity index is 977. The fourth-order valence-corrected chi connectivity index (χ4v) is 2.67. The molecule has 6 heteroatoms. The molecule has 0 atom stereocenters. The van der Waals surface area contributed by atoms with Crippen molar-refractivity contribution in [3.63, 3.8) is 0 Å². The van der Waals surface area contributed by atoms with Crippen molar-refractivity contribution in [3.8, 4) is 5.75 Å². The first-order valence-electron chi connectivity index (χ1n) is 9.20. The lowest BCUT2D eigenvalue weighted by Crippen LogP contribution is -2.27. The van der Waals surface area contributed by atoms with Crippen LogP contribution < -0.4 is 15.4 Å². The number of halogens is 1. The van der Waals surface area contributed by atoms with Gasteiger partial charge in [-0.2, -0.15) is 0 Å². The van der Waals surface area contributed by atoms with E-state index in [4.69, 9.17) is 4.74 Å². The zero-order valence-corrected chi connectivity index (χ0v) is 15.7. The van der Waals surface area contributed by atoms with Crippen LogP contribution in [-0.4, -0.2) is 18.4 Å². The Morgan fingerprint density at radius 3 is 2.48 bits per heavy atom. The normalized spacial score (nSPS) is 10.2. The van der Waals surface area contributed by atoms with Crippen LogP contribution >= 0.6 is 0 Å². The molecular formula is C23H21FN2O3. The first-order valence-corrected chi connectivity index (χ1v) is 9.20. The van der Waals surface area contributed by atoms with Crippen molar-refractivity contribution in [3.05, 3.63) is 95.8 Å². The SMILES string of the molecule is O=C(CCNC(=O)c1ccccc1)Nc1cccc(COc2cccc(F)c2)c1. The quantitative estimate of drug-likeness (QED) is 0.605. The van der Waals surface area contributed by atoms with Gasteiger partial charge in [0.25, 0.3) is 5.91 Å². The Morgan fingerprint density at radius 1 is 0.897 bits per heavy atom. The van der Waals surface area contributed by atoms with Crippen molar-refractivity contribution in [2.45, 2.75) is 13.0 Å². The predicted molar refractivity (Wildman–Crippen MR) is 109 cm³/mol. The maximum Gasteiger partial charge on any atom is 0.251 e. The molecule has 2 N–H and O–H groups in total. The number of carbonyl (C=O) groups excluding carboxylic acids is 2. The third-order valence-electron chi connectivity index (χ3n) is 4.09. The number of hydrogen-bond donors (Lipinski definition) is 2. The minimum atomic E-state index is -0.358. The second kappa shape index (κ2) is 10.0. The van der Waals surface area contributed by atoms with Crippen LogP contribution in [0.25, 0.3) is 0 Å². The van der Waals surface area contributed by atoms with Crippen molar-refractivity contribution in [1.29, 1.82) is 0 Å². The van der Waals surface area contributed by atoms with Gasteiger partial charge in [0, 0.05) is 30.3 Å². The van der Waals surface area contributed by atoms with Crippen LogP contribution in [0.3, 0.4) is 0 Å². The number of carbonyl (C=O) groups is 2. The molecule has 0 aromatic heterocycles. The molecule has 0 aliphatic heterocycles. The molecule has 0 aliphatic carbocycles. The summed E-state index contributed by atoms with van der Waals surface area (Å²) in [4.78, 5) is 24.1. The monoisotopic (exact) mass is 392 g/mol. The molecule has 29 heavy (non-hydrogen) atoms. The van der Waals surface area contributed by atoms with Gasteiger partial charge in [-0.1, -0.05) is 36.4 Å². The van der Waals surface area contributed by atoms with Gasteiger partial charge in [-0.15, -0.1) is 0 Å². The van der Waals surface area contributed by atoms with Gasteiger partial charge in [0.05, 0.1) is 0 Å². The molecule has 148 valence electrons. The summed E-state index contributed by atoms with van der Waals surface area (Å²) < 4.78 is 18.8. The number of ether oxygens (including phenoxy) is 1. The summed E-state index contributed by atoms with van der Waals surface area (Å²) in [5, 5.41) is 5.52. The highest BCUT2D eigenvalue weighted by molar-refractivity contribution is 5.95. The average molecular weight is 392 g/mol. The number of anilines is 1. The molecule has 0 saturated carbocycles. The number of amides is 2. The maximum atomic E-state index is 13.2. The van der Waals surface area contributed by atoms with Crippen LogP contribution in [0.1, 0.15) is 22.3 Å². The molecule has 0 bridgehead atoms. The molecule has 5 nitrogen and oxygen atoms in total. The van der Waals surface area contributed by atoms with Crippen LogP contribution in [0.15, 0.2) is 78.9 Å². The summed E-state index contributed by atoms with van der Waals surface area (Å²) in [7, 11) is 0. The van der Waals surface area contributed by atoms with Crippen LogP contribution in [0, 0.1) is 5.82 Å². The molecule has 0 saturated heterocycles. The minimum absolute atomic E-state index is 0.155. The molecule has 0 radical (unpaired) electrons. The summed E-state index contributed by atoms with van der Waals surface area (Å²) in [6.45, 7) is 0.488. The average Bonchev–Trinajstić information content (AvgIpc) is 2.73. The van der Waals surface area contributed by atoms with E-state index >= 15 is 0 Å². The van der Waals surface area contributed by atoms with E-state index in [-0.39, 0.29) is 37.2 Å². The van der Waals surface area contributed by atoms with E-state index in [0.717, 1.165) is 5.56 Å². The lowest BCUT2D eigenvalue weighted by molar-refractivity contribution is -0.116. The Balaban J connectivity index is 1.45. The lowest BCUT2D eigenvalue weighted by Gasteiger charge is -2.10. The van der Waals surface area contributed by atoms with E-state index in [0.29, 0.717) is 17.0 Å². The van der Waals surface area contributed by atoms with E-state index in [9.17, 15) is 14.0 Å². The van der Waals surface area contributed by atoms with Gasteiger partial charge in [-0.3, -0.25) is 9.59 Å². The van der Waals surface area contributed by atoms with Crippen molar-refractivity contribution in [2.75, 3.05) is 11.9 Å². The van der Waals surface area contributed by atoms with Crippen molar-refractivity contribution < 1.29 is 18.7 Å². The van der Waals surface area contributed by atoms with E-state index < -0.39 is 0 Å². The lowest BCUT2D eigenvalue weighted by atomic mass is 10.2. The third kappa shape index (κ3) is 6.46. The molecule has 0 aliphatic rings. The van der Waals surface area contributed by atoms with E-state index in [1.807, 2.05) is 12.1 Å². The van der Waals surface area contributed by atoms with Crippen LogP contribution in [0.2, 0.25) is 0 Å². The fraction of sp³-hybridized carbons (Fsp3) is 0.130. The van der Waals surface area contributed by atoms with E-state index in [1.165, 1.54) is 12.1 Å². The van der Waals surface area contributed by atoms with Gasteiger partial charge in [-0.25, -0.2) is 4.39 Å². The maximum absolute atomic E-state index is 13.2. The second-order valence-corrected chi connectivity index (χ2v) is 6.37. The minimum Gasteiger partial charge on any atom is -0.489 e. The summed E-state index contributed by atoms with van der Waals surface area (Å²) >= 11 is 0. The molecule has 2 amide bonds. The highest BCUT2D eigenvalue weighted by atomic mass is 19.1. The summed E-state index contributed by atoms with van der Waals surface area (Å²) in [5.74, 6) is -0.340. The van der Waals surface area contributed by atoms with E-state index in [1.54, 1.807) is 54.6 Å². The Hall–Kier alpha value is -3.67. The molecule has 0 unspecified atom stereocenters. The molecule has 0 heterocycles. The third-order valence-corrected chi connectivity index (χ3v) is 4.09. The van der Waals surface area contributed by atoms with Gasteiger partial charge >= 0.3 is 0 Å². The first kappa shape index (κ1) is 20.1. The van der Waals surface area contributed by atoms with Gasteiger partial charge in [0.2, 0.25) is 5.91 Å². The molecule has 3 aromatic rings. The largest absolute Gasteiger partial charge is 0.489 e. The predicted octanol–water partition coefficient (Wildman–Crippen LogP) is 4.16. The highest BCUT2D eigenvalue weighted by Gasteiger charge is 2.07. The summed E-state index contributed by atoms with van der Waals surface area (Å²) in [6.07, 6.45) is 0.155. The van der Waals surface area contributed by atoms with Crippen LogP contribution in [0.4, 0.5) is 10.1 Å². The summed E-state index contributed by atoms with van der Waals surface area (Å²) in [6, 6.07) is 22.0. The molecular weight excluding hydrogens is 371 g/mol. The van der Waals surface area contributed by atoms with Crippen molar-refractivity contribution >= 4 is 17.5 Å². The van der Waals surface area contributed by atoms with Crippen LogP contribution in [-0.2, 0) is 11.4 Å². The van der Waals surface area contributed by atoms with Crippen molar-refractivity contribution in [1.82, 2.24) is 5.32 Å². The zero-order chi connectivity index (χ0) is 20.5. The van der Waals surface area contributed by atoms with E-state index in [2.05, 4.69) is 10.6 Å². The number of hydrogen-bond acceptors (Lipinski definition) is 3. The Kier molecular flexibility index (Phi) is 6.95. The van der Waals surface area contributed by atoms with Crippen molar-refractivity contribution in [2.24, 2.45) is 0 Å². The summed E-state index contributed by atoms with van der Waals surface area (Å²) in [5.41, 5.74) is 2.02. The van der Waals surface area contributed by atoms with Gasteiger partial charge in [0.15, 0.2) is 0 Å². The molecule has 0 spiro atoms. The standard InChI is InChI=1S/C23H21FN2O3/c24-19-9-5-11-21(15-19)29-16-17-6-4-10-20(14-17)26-22(27)12-13-25-23(28)18-7-2-1-3-8-18/h1-11,14-15H,12-13,16H2,(H,25,28)(H,26,27). The Morgan fingerprint density at radius 2 is 1.69 bits per heavy atom. The topological polar surface area (TPSA) is 67.4 Å². The molecule has 3 aromatic carbocycles. The van der Waals surface area contributed by atoms with Gasteiger partial charge in [0.1, 0.15) is 18.2 Å². The number of benzene rings is 3. The van der Waals surface area contributed by atoms with Gasteiger partial charge in [-0.05, 0) is 42.0 Å². The van der Waals surface area contributed by atoms with Crippen LogP contribution in [0.5, 0.6) is 5.75 Å². The molecule has 0 fully saturated rings. The molecule has 3 rings (SSSR count). The highest BCUT2D eigenvalue weighted by Crippen LogP contribution is 2.16. The smallest absolute Gasteiger partial charge is 0.251 e. The fourth-order valence-electron chi connectivity index (χ4n) is 2.67. The van der Waals surface area contributed by atoms with Gasteiger partial charge < -0.3 is 15.4 Å².